The van der Waals surface area contributed by atoms with E-state index in [1.54, 1.807) is 26.0 Å². The molecule has 0 radical (unpaired) electrons. The molecule has 0 spiro atoms. The predicted octanol–water partition coefficient (Wildman–Crippen LogP) is 1.26. The van der Waals surface area contributed by atoms with Gasteiger partial charge < -0.3 is 15.1 Å². The van der Waals surface area contributed by atoms with E-state index < -0.39 is 17.7 Å². The topological polar surface area (TPSA) is 79.1 Å². The van der Waals surface area contributed by atoms with Gasteiger partial charge in [-0.3, -0.25) is 0 Å². The van der Waals surface area contributed by atoms with Gasteiger partial charge in [-0.05, 0) is 26.0 Å². The van der Waals surface area contributed by atoms with Crippen LogP contribution in [-0.4, -0.2) is 33.6 Å². The standard InChI is InChI=1S/C12H13NO4/c1-12(2)10(14)9(13-17-12)7-3-5-8(6-4-7)11(15)16/h3-6,10,14H,1-2H3,(H,15,16). The molecule has 0 bridgehead atoms. The summed E-state index contributed by atoms with van der Waals surface area (Å²) in [6.45, 7) is 3.47. The molecule has 0 saturated carbocycles. The minimum Gasteiger partial charge on any atom is -0.478 e. The molecule has 1 aliphatic heterocycles. The van der Waals surface area contributed by atoms with Gasteiger partial charge in [-0.1, -0.05) is 17.3 Å². The summed E-state index contributed by atoms with van der Waals surface area (Å²) in [7, 11) is 0. The van der Waals surface area contributed by atoms with Crippen LogP contribution in [0.25, 0.3) is 0 Å². The van der Waals surface area contributed by atoms with Gasteiger partial charge in [-0.25, -0.2) is 4.79 Å². The van der Waals surface area contributed by atoms with E-state index in [-0.39, 0.29) is 5.56 Å². The van der Waals surface area contributed by atoms with Gasteiger partial charge in [0, 0.05) is 5.56 Å². The highest BCUT2D eigenvalue weighted by molar-refractivity contribution is 6.05. The number of carboxylic acid groups (broad SMARTS) is 1. The molecule has 0 fully saturated rings. The fraction of sp³-hybridized carbons (Fsp3) is 0.333. The quantitative estimate of drug-likeness (QED) is 0.808. The van der Waals surface area contributed by atoms with Crippen molar-refractivity contribution in [2.24, 2.45) is 5.16 Å². The van der Waals surface area contributed by atoms with Crippen molar-refractivity contribution in [1.82, 2.24) is 0 Å². The summed E-state index contributed by atoms with van der Waals surface area (Å²) in [6, 6.07) is 6.16. The van der Waals surface area contributed by atoms with E-state index in [0.29, 0.717) is 11.3 Å². The van der Waals surface area contributed by atoms with Crippen LogP contribution < -0.4 is 0 Å². The number of aliphatic hydroxyl groups excluding tert-OH is 1. The molecule has 1 atom stereocenters. The van der Waals surface area contributed by atoms with E-state index in [1.807, 2.05) is 0 Å². The normalized spacial score (nSPS) is 21.8. The Balaban J connectivity index is 2.28. The lowest BCUT2D eigenvalue weighted by molar-refractivity contribution is -0.0476. The molecule has 1 unspecified atom stereocenters. The van der Waals surface area contributed by atoms with E-state index in [2.05, 4.69) is 5.16 Å². The third kappa shape index (κ3) is 2.01. The molecule has 0 aliphatic carbocycles. The fourth-order valence-electron chi connectivity index (χ4n) is 1.59. The molecule has 2 N–H and O–H groups in total. The number of hydrogen-bond donors (Lipinski definition) is 2. The Morgan fingerprint density at radius 3 is 2.35 bits per heavy atom. The van der Waals surface area contributed by atoms with Crippen molar-refractivity contribution in [2.45, 2.75) is 25.6 Å². The highest BCUT2D eigenvalue weighted by atomic mass is 16.7. The summed E-state index contributed by atoms with van der Waals surface area (Å²) in [5, 5.41) is 22.6. The van der Waals surface area contributed by atoms with Crippen molar-refractivity contribution in [1.29, 1.82) is 0 Å². The van der Waals surface area contributed by atoms with Crippen molar-refractivity contribution in [3.05, 3.63) is 35.4 Å². The zero-order valence-corrected chi connectivity index (χ0v) is 9.54. The molecular weight excluding hydrogens is 222 g/mol. The summed E-state index contributed by atoms with van der Waals surface area (Å²) in [4.78, 5) is 15.8. The highest BCUT2D eigenvalue weighted by Crippen LogP contribution is 2.26. The first-order valence-electron chi connectivity index (χ1n) is 5.19. The molecule has 0 saturated heterocycles. The van der Waals surface area contributed by atoms with Gasteiger partial charge in [0.2, 0.25) is 0 Å². The maximum Gasteiger partial charge on any atom is 0.335 e. The molecule has 1 aromatic rings. The molecule has 0 amide bonds. The molecule has 1 aliphatic rings. The first-order chi connectivity index (χ1) is 7.92. The van der Waals surface area contributed by atoms with Crippen LogP contribution in [-0.2, 0) is 4.84 Å². The molecule has 90 valence electrons. The van der Waals surface area contributed by atoms with Gasteiger partial charge in [-0.2, -0.15) is 0 Å². The minimum atomic E-state index is -0.984. The van der Waals surface area contributed by atoms with E-state index in [9.17, 15) is 9.90 Å². The molecular formula is C12H13NO4. The molecule has 1 aromatic carbocycles. The number of hydrogen-bond acceptors (Lipinski definition) is 4. The zero-order valence-electron chi connectivity index (χ0n) is 9.54. The van der Waals surface area contributed by atoms with Crippen LogP contribution in [0.1, 0.15) is 29.8 Å². The number of aliphatic hydroxyl groups is 1. The highest BCUT2D eigenvalue weighted by Gasteiger charge is 2.40. The molecule has 17 heavy (non-hydrogen) atoms. The lowest BCUT2D eigenvalue weighted by Crippen LogP contribution is -2.38. The van der Waals surface area contributed by atoms with E-state index >= 15 is 0 Å². The lowest BCUT2D eigenvalue weighted by Gasteiger charge is -2.20. The van der Waals surface area contributed by atoms with Gasteiger partial charge >= 0.3 is 5.97 Å². The summed E-state index contributed by atoms with van der Waals surface area (Å²) < 4.78 is 0. The van der Waals surface area contributed by atoms with E-state index in [0.717, 1.165) is 0 Å². The molecule has 1 heterocycles. The van der Waals surface area contributed by atoms with Gasteiger partial charge in [-0.15, -0.1) is 0 Å². The van der Waals surface area contributed by atoms with Crippen LogP contribution in [0.15, 0.2) is 29.4 Å². The van der Waals surface area contributed by atoms with Crippen molar-refractivity contribution in [2.75, 3.05) is 0 Å². The Labute approximate surface area is 98.3 Å². The van der Waals surface area contributed by atoms with Crippen LogP contribution in [0.3, 0.4) is 0 Å². The Kier molecular flexibility index (Phi) is 2.63. The summed E-state index contributed by atoms with van der Waals surface area (Å²) in [5.41, 5.74) is 0.530. The Morgan fingerprint density at radius 1 is 1.35 bits per heavy atom. The van der Waals surface area contributed by atoms with Gasteiger partial charge in [0.25, 0.3) is 0 Å². The first kappa shape index (κ1) is 11.6. The molecule has 0 aromatic heterocycles. The summed E-state index contributed by atoms with van der Waals surface area (Å²) in [6.07, 6.45) is -0.821. The third-order valence-corrected chi connectivity index (χ3v) is 2.72. The average molecular weight is 235 g/mol. The first-order valence-corrected chi connectivity index (χ1v) is 5.19. The van der Waals surface area contributed by atoms with Gasteiger partial charge in [0.05, 0.1) is 5.56 Å². The number of oxime groups is 1. The number of nitrogens with zero attached hydrogens (tertiary/aromatic N) is 1. The number of carbonyl (C=O) groups is 1. The summed E-state index contributed by atoms with van der Waals surface area (Å²) >= 11 is 0. The van der Waals surface area contributed by atoms with Crippen molar-refractivity contribution in [3.63, 3.8) is 0 Å². The Hall–Kier alpha value is -1.88. The predicted molar refractivity (Wildman–Crippen MR) is 61.1 cm³/mol. The second-order valence-electron chi connectivity index (χ2n) is 4.46. The second kappa shape index (κ2) is 3.85. The SMILES string of the molecule is CC1(C)ON=C(c2ccc(C(=O)O)cc2)C1O. The van der Waals surface area contributed by atoms with Crippen molar-refractivity contribution < 1.29 is 19.8 Å². The number of carboxylic acids is 1. The smallest absolute Gasteiger partial charge is 0.335 e. The van der Waals surface area contributed by atoms with Crippen LogP contribution in [0.4, 0.5) is 0 Å². The van der Waals surface area contributed by atoms with Crippen molar-refractivity contribution >= 4 is 11.7 Å². The molecule has 5 nitrogen and oxygen atoms in total. The van der Waals surface area contributed by atoms with E-state index in [1.165, 1.54) is 12.1 Å². The third-order valence-electron chi connectivity index (χ3n) is 2.72. The number of rotatable bonds is 2. The van der Waals surface area contributed by atoms with Gasteiger partial charge in [0.1, 0.15) is 11.8 Å². The summed E-state index contributed by atoms with van der Waals surface area (Å²) in [5.74, 6) is -0.984. The molecule has 2 rings (SSSR count). The molecule has 5 heteroatoms. The fourth-order valence-corrected chi connectivity index (χ4v) is 1.59. The van der Waals surface area contributed by atoms with Crippen LogP contribution >= 0.6 is 0 Å². The number of aromatic carboxylic acids is 1. The van der Waals surface area contributed by atoms with E-state index in [4.69, 9.17) is 9.94 Å². The maximum absolute atomic E-state index is 10.7. The number of benzene rings is 1. The Bertz CT molecular complexity index is 476. The average Bonchev–Trinajstić information content (AvgIpc) is 2.55. The van der Waals surface area contributed by atoms with Crippen LogP contribution in [0, 0.1) is 0 Å². The minimum absolute atomic E-state index is 0.196. The van der Waals surface area contributed by atoms with Crippen LogP contribution in [0.5, 0.6) is 0 Å². The monoisotopic (exact) mass is 235 g/mol. The zero-order chi connectivity index (χ0) is 12.6. The Morgan fingerprint density at radius 2 is 1.94 bits per heavy atom. The van der Waals surface area contributed by atoms with Gasteiger partial charge in [0.15, 0.2) is 5.60 Å². The second-order valence-corrected chi connectivity index (χ2v) is 4.46. The largest absolute Gasteiger partial charge is 0.478 e. The lowest BCUT2D eigenvalue weighted by atomic mass is 9.94. The van der Waals surface area contributed by atoms with Crippen molar-refractivity contribution in [3.8, 4) is 0 Å². The maximum atomic E-state index is 10.7. The van der Waals surface area contributed by atoms with Crippen LogP contribution in [0.2, 0.25) is 0 Å².